The minimum Gasteiger partial charge on any atom is -0.507 e. The summed E-state index contributed by atoms with van der Waals surface area (Å²) in [7, 11) is 0. The van der Waals surface area contributed by atoms with Crippen LogP contribution in [0.4, 0.5) is 0 Å². The number of nitrogens with zero attached hydrogens (tertiary/aromatic N) is 4. The van der Waals surface area contributed by atoms with E-state index in [0.717, 1.165) is 88.9 Å². The van der Waals surface area contributed by atoms with Gasteiger partial charge in [0.15, 0.2) is 0 Å². The van der Waals surface area contributed by atoms with Gasteiger partial charge in [-0.3, -0.25) is 9.55 Å². The van der Waals surface area contributed by atoms with E-state index in [-0.39, 0.29) is 48.5 Å². The first-order valence-electron chi connectivity index (χ1n) is 24.3. The van der Waals surface area contributed by atoms with E-state index in [4.69, 9.17) is 9.97 Å². The third kappa shape index (κ3) is 8.61. The topological polar surface area (TPSA) is 55.9 Å². The summed E-state index contributed by atoms with van der Waals surface area (Å²) in [5.41, 5.74) is 16.3. The van der Waals surface area contributed by atoms with Crippen LogP contribution in [0.3, 0.4) is 0 Å². The zero-order chi connectivity index (χ0) is 48.8. The number of para-hydroxylation sites is 3. The first-order chi connectivity index (χ1) is 32.7. The fraction of sp³-hybridized carbons (Fsp3) is 0.250. The van der Waals surface area contributed by atoms with E-state index in [1.807, 2.05) is 6.20 Å². The summed E-state index contributed by atoms with van der Waals surface area (Å²) in [5.74, 6) is 0.929. The van der Waals surface area contributed by atoms with Gasteiger partial charge >= 0.3 is 0 Å². The summed E-state index contributed by atoms with van der Waals surface area (Å²) in [4.78, 5) is 10.9. The number of pyridine rings is 1. The predicted molar refractivity (Wildman–Crippen MR) is 290 cm³/mol. The van der Waals surface area contributed by atoms with Crippen molar-refractivity contribution in [3.05, 3.63) is 186 Å². The molecule has 0 spiro atoms. The number of phenolic OH excluding ortho intramolecular Hbond substituents is 1. The van der Waals surface area contributed by atoms with Crippen LogP contribution in [-0.2, 0) is 42.7 Å². The van der Waals surface area contributed by atoms with Crippen molar-refractivity contribution >= 4 is 32.8 Å². The molecular weight excluding hydrogens is 1040 g/mol. The molecule has 3 heterocycles. The van der Waals surface area contributed by atoms with E-state index in [1.54, 1.807) is 0 Å². The van der Waals surface area contributed by atoms with Crippen molar-refractivity contribution in [1.29, 1.82) is 0 Å². The Balaban J connectivity index is 0.00000608. The van der Waals surface area contributed by atoms with Crippen molar-refractivity contribution in [3.63, 3.8) is 0 Å². The van der Waals surface area contributed by atoms with Crippen LogP contribution in [0.15, 0.2) is 158 Å². The first-order valence-corrected chi connectivity index (χ1v) is 24.3. The second-order valence-electron chi connectivity index (χ2n) is 22.9. The van der Waals surface area contributed by atoms with Gasteiger partial charge in [0.05, 0.1) is 33.3 Å². The Morgan fingerprint density at radius 1 is 0.486 bits per heavy atom. The van der Waals surface area contributed by atoms with Gasteiger partial charge in [-0.2, -0.15) is 0 Å². The Morgan fingerprint density at radius 2 is 1.09 bits per heavy atom. The van der Waals surface area contributed by atoms with Crippen molar-refractivity contribution in [2.24, 2.45) is 0 Å². The van der Waals surface area contributed by atoms with Gasteiger partial charge < -0.3 is 9.67 Å². The molecule has 0 saturated carbocycles. The molecule has 0 aliphatic rings. The molecule has 356 valence electrons. The van der Waals surface area contributed by atoms with Crippen LogP contribution in [0.5, 0.6) is 5.75 Å². The molecular formula is C64H63N4OPt-. The molecule has 0 aliphatic heterocycles. The third-order valence-electron chi connectivity index (χ3n) is 13.8. The maximum absolute atomic E-state index is 12.6. The number of hydrogen-bond donors (Lipinski definition) is 1. The minimum absolute atomic E-state index is 0. The molecule has 0 saturated heterocycles. The monoisotopic (exact) mass is 1100 g/mol. The summed E-state index contributed by atoms with van der Waals surface area (Å²) < 4.78 is 4.63. The molecule has 0 atom stereocenters. The summed E-state index contributed by atoms with van der Waals surface area (Å²) in [6.07, 6.45) is 1.93. The molecule has 10 aromatic rings. The van der Waals surface area contributed by atoms with Crippen LogP contribution in [0.2, 0.25) is 0 Å². The Kier molecular flexibility index (Phi) is 12.3. The Hall–Kier alpha value is -6.55. The largest absolute Gasteiger partial charge is 0.507 e. The molecule has 0 radical (unpaired) electrons. The Morgan fingerprint density at radius 3 is 1.76 bits per heavy atom. The fourth-order valence-electron chi connectivity index (χ4n) is 9.85. The quantitative estimate of drug-likeness (QED) is 0.169. The van der Waals surface area contributed by atoms with Gasteiger partial charge in [-0.25, -0.2) is 4.98 Å². The zero-order valence-corrected chi connectivity index (χ0v) is 44.8. The fourth-order valence-corrected chi connectivity index (χ4v) is 9.85. The van der Waals surface area contributed by atoms with Crippen LogP contribution >= 0.6 is 0 Å². The van der Waals surface area contributed by atoms with Gasteiger partial charge in [0.25, 0.3) is 0 Å². The Labute approximate surface area is 428 Å². The Bertz CT molecular complexity index is 3590. The smallest absolute Gasteiger partial charge is 0.148 e. The van der Waals surface area contributed by atoms with Gasteiger partial charge in [0.2, 0.25) is 0 Å². The summed E-state index contributed by atoms with van der Waals surface area (Å²) in [5, 5.41) is 14.9. The second kappa shape index (κ2) is 17.7. The van der Waals surface area contributed by atoms with Crippen molar-refractivity contribution in [2.75, 3.05) is 0 Å². The minimum atomic E-state index is -0.339. The number of fused-ring (bicyclic) bond motifs is 4. The van der Waals surface area contributed by atoms with E-state index in [9.17, 15) is 5.11 Å². The van der Waals surface area contributed by atoms with Gasteiger partial charge in [0.1, 0.15) is 11.6 Å². The number of phenols is 1. The van der Waals surface area contributed by atoms with Crippen LogP contribution in [0, 0.1) is 6.07 Å². The van der Waals surface area contributed by atoms with Crippen LogP contribution in [-0.4, -0.2) is 24.2 Å². The van der Waals surface area contributed by atoms with Crippen molar-refractivity contribution in [1.82, 2.24) is 19.1 Å². The maximum atomic E-state index is 12.6. The molecule has 70 heavy (non-hydrogen) atoms. The van der Waals surface area contributed by atoms with Crippen molar-refractivity contribution in [3.8, 4) is 62.0 Å². The van der Waals surface area contributed by atoms with E-state index in [2.05, 4.69) is 250 Å². The molecule has 7 aromatic carbocycles. The number of hydrogen-bond acceptors (Lipinski definition) is 3. The number of rotatable bonds is 6. The SMILES string of the molecule is CC(C)(C)c1cc(-c2cccc3c2nc(-c2cc(C(C)(C)C)cc(C(C)(C)C)c2O)n3-c2ccc(C(C)(C)C)cc2-c2ccccc2)[c-]c(-c2nccc3c2c2ccccc2n3-c2ccccc2)c1.[Pt]. The molecule has 0 amide bonds. The molecule has 0 unspecified atom stereocenters. The van der Waals surface area contributed by atoms with E-state index in [1.165, 1.54) is 11.1 Å². The number of aromatic nitrogens is 4. The van der Waals surface area contributed by atoms with Gasteiger partial charge in [-0.15, -0.1) is 29.3 Å². The van der Waals surface area contributed by atoms with E-state index < -0.39 is 0 Å². The van der Waals surface area contributed by atoms with Gasteiger partial charge in [-0.1, -0.05) is 185 Å². The molecule has 1 N–H and O–H groups in total. The molecule has 0 aliphatic carbocycles. The van der Waals surface area contributed by atoms with E-state index >= 15 is 0 Å². The molecule has 6 heteroatoms. The number of benzene rings is 7. The molecule has 0 bridgehead atoms. The average Bonchev–Trinajstić information content (AvgIpc) is 3.87. The first kappa shape index (κ1) is 48.5. The van der Waals surface area contributed by atoms with Crippen LogP contribution in [0.25, 0.3) is 89.1 Å². The van der Waals surface area contributed by atoms with Crippen molar-refractivity contribution in [2.45, 2.75) is 105 Å². The third-order valence-corrected chi connectivity index (χ3v) is 13.8. The average molecular weight is 1100 g/mol. The van der Waals surface area contributed by atoms with Crippen LogP contribution < -0.4 is 0 Å². The zero-order valence-electron chi connectivity index (χ0n) is 42.6. The number of imidazole rings is 1. The normalized spacial score (nSPS) is 12.5. The number of aromatic hydroxyl groups is 1. The van der Waals surface area contributed by atoms with Crippen LogP contribution in [0.1, 0.15) is 105 Å². The molecule has 5 nitrogen and oxygen atoms in total. The van der Waals surface area contributed by atoms with E-state index in [0.29, 0.717) is 11.4 Å². The summed E-state index contributed by atoms with van der Waals surface area (Å²) >= 11 is 0. The van der Waals surface area contributed by atoms with Gasteiger partial charge in [0, 0.05) is 60.5 Å². The predicted octanol–water partition coefficient (Wildman–Crippen LogP) is 16.9. The summed E-state index contributed by atoms with van der Waals surface area (Å²) in [6, 6.07) is 58.2. The second-order valence-corrected chi connectivity index (χ2v) is 22.9. The molecule has 3 aromatic heterocycles. The molecule has 0 fully saturated rings. The summed E-state index contributed by atoms with van der Waals surface area (Å²) in [6.45, 7) is 26.8. The molecule has 10 rings (SSSR count). The maximum Gasteiger partial charge on any atom is 0.148 e. The standard InChI is InChI=1S/C64H63N4O.Pt/c1-61(2,3)43-30-31-53(49(37-43)40-22-15-13-16-23-40)68-55-29-21-27-47(58(55)66-60(68)50-38-45(63(7,8)9)39-51(59(50)69)64(10,11)12)41-34-42(36-44(35-41)62(4,5)6)57-56-48-26-19-20-28-52(48)67(54(56)32-33-65-57)46-24-17-14-18-25-46;/h13-33,35-39,69H,1-12H3;/q-1;. The van der Waals surface area contributed by atoms with Crippen molar-refractivity contribution < 1.29 is 26.2 Å². The van der Waals surface area contributed by atoms with Gasteiger partial charge in [-0.05, 0) is 86.9 Å².